The van der Waals surface area contributed by atoms with Gasteiger partial charge in [0.25, 0.3) is 0 Å². The molecule has 0 bridgehead atoms. The molecule has 6 heteroatoms. The van der Waals surface area contributed by atoms with Crippen LogP contribution in [0.2, 0.25) is 0 Å². The molecule has 0 saturated carbocycles. The molecule has 18 heavy (non-hydrogen) atoms. The normalized spacial score (nSPS) is 24.1. The molecule has 2 atom stereocenters. The second kappa shape index (κ2) is 7.43. The lowest BCUT2D eigenvalue weighted by molar-refractivity contribution is -0.0396. The minimum Gasteiger partial charge on any atom is -0.374 e. The quantitative estimate of drug-likeness (QED) is 0.717. The van der Waals surface area contributed by atoms with Crippen LogP contribution < -0.4 is 5.32 Å². The molecule has 1 rings (SSSR count). The lowest BCUT2D eigenvalue weighted by Gasteiger charge is -2.35. The van der Waals surface area contributed by atoms with E-state index in [1.54, 1.807) is 0 Å². The molecule has 1 N–H and O–H groups in total. The van der Waals surface area contributed by atoms with Crippen LogP contribution >= 0.6 is 0 Å². The van der Waals surface area contributed by atoms with Gasteiger partial charge in [-0.05, 0) is 26.4 Å². The lowest BCUT2D eigenvalue weighted by Crippen LogP contribution is -2.51. The molecule has 1 aliphatic rings. The summed E-state index contributed by atoms with van der Waals surface area (Å²) in [6.07, 6.45) is 3.00. The van der Waals surface area contributed by atoms with Crippen LogP contribution in [0, 0.1) is 0 Å². The molecule has 1 aliphatic heterocycles. The smallest absolute Gasteiger partial charge is 0.147 e. The van der Waals surface area contributed by atoms with E-state index in [1.807, 2.05) is 0 Å². The van der Waals surface area contributed by atoms with Crippen LogP contribution in [-0.2, 0) is 14.6 Å². The third kappa shape index (κ3) is 6.13. The molecular formula is C12H26N2O3S. The first-order valence-electron chi connectivity index (χ1n) is 6.63. The Labute approximate surface area is 111 Å². The molecule has 1 fully saturated rings. The van der Waals surface area contributed by atoms with Crippen LogP contribution in [0.5, 0.6) is 0 Å². The standard InChI is InChI=1S/C12H26N2O3S/c1-4-13-11(6-5-9-18(3,15)16)12-10-14(2)7-8-17-12/h11-13H,4-10H2,1-3H3. The van der Waals surface area contributed by atoms with E-state index in [9.17, 15) is 8.42 Å². The molecular weight excluding hydrogens is 252 g/mol. The Morgan fingerprint density at radius 3 is 2.78 bits per heavy atom. The summed E-state index contributed by atoms with van der Waals surface area (Å²) >= 11 is 0. The Balaban J connectivity index is 2.43. The maximum Gasteiger partial charge on any atom is 0.147 e. The van der Waals surface area contributed by atoms with E-state index >= 15 is 0 Å². The average Bonchev–Trinajstić information content (AvgIpc) is 2.26. The highest BCUT2D eigenvalue weighted by Gasteiger charge is 2.26. The van der Waals surface area contributed by atoms with Crippen molar-refractivity contribution in [3.05, 3.63) is 0 Å². The molecule has 1 saturated heterocycles. The van der Waals surface area contributed by atoms with Crippen molar-refractivity contribution in [1.29, 1.82) is 0 Å². The average molecular weight is 278 g/mol. The predicted molar refractivity (Wildman–Crippen MR) is 73.6 cm³/mol. The monoisotopic (exact) mass is 278 g/mol. The summed E-state index contributed by atoms with van der Waals surface area (Å²) in [5.74, 6) is 0.261. The Morgan fingerprint density at radius 1 is 1.50 bits per heavy atom. The molecule has 108 valence electrons. The Kier molecular flexibility index (Phi) is 6.55. The summed E-state index contributed by atoms with van der Waals surface area (Å²) in [5.41, 5.74) is 0. The fourth-order valence-electron chi connectivity index (χ4n) is 2.30. The van der Waals surface area contributed by atoms with E-state index in [0.717, 1.165) is 32.7 Å². The first-order valence-corrected chi connectivity index (χ1v) is 8.69. The zero-order valence-electron chi connectivity index (χ0n) is 11.7. The highest BCUT2D eigenvalue weighted by atomic mass is 32.2. The fourth-order valence-corrected chi connectivity index (χ4v) is 2.99. The molecule has 0 radical (unpaired) electrons. The van der Waals surface area contributed by atoms with Gasteiger partial charge in [-0.1, -0.05) is 6.92 Å². The Bertz CT molecular complexity index is 332. The van der Waals surface area contributed by atoms with E-state index in [-0.39, 0.29) is 17.9 Å². The van der Waals surface area contributed by atoms with Gasteiger partial charge in [0.05, 0.1) is 12.7 Å². The van der Waals surface area contributed by atoms with Crippen molar-refractivity contribution >= 4 is 9.84 Å². The first kappa shape index (κ1) is 15.9. The minimum absolute atomic E-state index is 0.170. The van der Waals surface area contributed by atoms with Crippen LogP contribution in [-0.4, -0.2) is 70.8 Å². The number of ether oxygens (including phenoxy) is 1. The number of rotatable bonds is 7. The van der Waals surface area contributed by atoms with Crippen LogP contribution in [0.3, 0.4) is 0 Å². The number of hydrogen-bond acceptors (Lipinski definition) is 5. The van der Waals surface area contributed by atoms with Crippen LogP contribution in [0.25, 0.3) is 0 Å². The predicted octanol–water partition coefficient (Wildman–Crippen LogP) is 0.120. The van der Waals surface area contributed by atoms with Crippen molar-refractivity contribution in [2.75, 3.05) is 45.3 Å². The first-order chi connectivity index (χ1) is 8.42. The third-order valence-electron chi connectivity index (χ3n) is 3.24. The van der Waals surface area contributed by atoms with Gasteiger partial charge in [0.2, 0.25) is 0 Å². The molecule has 0 amide bonds. The molecule has 5 nitrogen and oxygen atoms in total. The minimum atomic E-state index is -2.86. The van der Waals surface area contributed by atoms with Gasteiger partial charge >= 0.3 is 0 Å². The van der Waals surface area contributed by atoms with Crippen molar-refractivity contribution < 1.29 is 13.2 Å². The van der Waals surface area contributed by atoms with E-state index in [0.29, 0.717) is 6.42 Å². The lowest BCUT2D eigenvalue weighted by atomic mass is 10.0. The molecule has 0 aromatic rings. The van der Waals surface area contributed by atoms with Gasteiger partial charge in [0.1, 0.15) is 9.84 Å². The largest absolute Gasteiger partial charge is 0.374 e. The second-order valence-corrected chi connectivity index (χ2v) is 7.37. The number of hydrogen-bond donors (Lipinski definition) is 1. The zero-order chi connectivity index (χ0) is 13.6. The number of nitrogens with one attached hydrogen (secondary N) is 1. The highest BCUT2D eigenvalue weighted by Crippen LogP contribution is 2.12. The van der Waals surface area contributed by atoms with Crippen LogP contribution in [0.4, 0.5) is 0 Å². The maximum atomic E-state index is 11.1. The van der Waals surface area contributed by atoms with Gasteiger partial charge in [0.15, 0.2) is 0 Å². The van der Waals surface area contributed by atoms with Crippen molar-refractivity contribution in [2.24, 2.45) is 0 Å². The van der Waals surface area contributed by atoms with Gasteiger partial charge in [-0.2, -0.15) is 0 Å². The summed E-state index contributed by atoms with van der Waals surface area (Å²) in [7, 11) is -0.763. The second-order valence-electron chi connectivity index (χ2n) is 5.11. The van der Waals surface area contributed by atoms with E-state index in [4.69, 9.17) is 4.74 Å². The Hall–Kier alpha value is -0.170. The van der Waals surface area contributed by atoms with Crippen molar-refractivity contribution in [2.45, 2.75) is 31.9 Å². The van der Waals surface area contributed by atoms with Crippen LogP contribution in [0.15, 0.2) is 0 Å². The van der Waals surface area contributed by atoms with Gasteiger partial charge < -0.3 is 15.0 Å². The van der Waals surface area contributed by atoms with Crippen molar-refractivity contribution in [3.63, 3.8) is 0 Å². The molecule has 0 aromatic carbocycles. The zero-order valence-corrected chi connectivity index (χ0v) is 12.5. The molecule has 0 spiro atoms. The molecule has 1 heterocycles. The summed E-state index contributed by atoms with van der Waals surface area (Å²) < 4.78 is 28.1. The number of morpholine rings is 1. The topological polar surface area (TPSA) is 58.6 Å². The maximum absolute atomic E-state index is 11.1. The molecule has 0 aromatic heterocycles. The summed E-state index contributed by atoms with van der Waals surface area (Å²) in [5, 5.41) is 3.41. The summed E-state index contributed by atoms with van der Waals surface area (Å²) in [6.45, 7) is 5.59. The summed E-state index contributed by atoms with van der Waals surface area (Å²) in [6, 6.07) is 0.250. The molecule has 2 unspecified atom stereocenters. The number of likely N-dealkylation sites (N-methyl/N-ethyl adjacent to an activating group) is 2. The number of nitrogens with zero attached hydrogens (tertiary/aromatic N) is 1. The van der Waals surface area contributed by atoms with Gasteiger partial charge in [-0.3, -0.25) is 0 Å². The Morgan fingerprint density at radius 2 is 2.22 bits per heavy atom. The van der Waals surface area contributed by atoms with Gasteiger partial charge in [-0.25, -0.2) is 8.42 Å². The van der Waals surface area contributed by atoms with Crippen molar-refractivity contribution in [3.8, 4) is 0 Å². The van der Waals surface area contributed by atoms with E-state index in [2.05, 4.69) is 24.2 Å². The SMILES string of the molecule is CCNC(CCCS(C)(=O)=O)C1CN(C)CCO1. The van der Waals surface area contributed by atoms with Gasteiger partial charge in [0, 0.05) is 31.1 Å². The third-order valence-corrected chi connectivity index (χ3v) is 4.27. The number of sulfone groups is 1. The van der Waals surface area contributed by atoms with Gasteiger partial charge in [-0.15, -0.1) is 0 Å². The highest BCUT2D eigenvalue weighted by molar-refractivity contribution is 7.90. The van der Waals surface area contributed by atoms with E-state index < -0.39 is 9.84 Å². The van der Waals surface area contributed by atoms with Crippen molar-refractivity contribution in [1.82, 2.24) is 10.2 Å². The molecule has 0 aliphatic carbocycles. The summed E-state index contributed by atoms with van der Waals surface area (Å²) in [4.78, 5) is 2.26. The fraction of sp³-hybridized carbons (Fsp3) is 1.00. The van der Waals surface area contributed by atoms with Crippen LogP contribution in [0.1, 0.15) is 19.8 Å². The van der Waals surface area contributed by atoms with E-state index in [1.165, 1.54) is 6.26 Å².